The van der Waals surface area contributed by atoms with Gasteiger partial charge >= 0.3 is 5.97 Å². The average Bonchev–Trinajstić information content (AvgIpc) is 2.48. The van der Waals surface area contributed by atoms with Crippen molar-refractivity contribution in [1.29, 1.82) is 0 Å². The Bertz CT molecular complexity index is 504. The summed E-state index contributed by atoms with van der Waals surface area (Å²) in [6, 6.07) is 9.86. The average molecular weight is 284 g/mol. The van der Waals surface area contributed by atoms with Crippen LogP contribution in [0.2, 0.25) is 0 Å². The maximum atomic E-state index is 11.9. The summed E-state index contributed by atoms with van der Waals surface area (Å²) in [4.78, 5) is 11.9. The minimum absolute atomic E-state index is 0.172. The molecule has 0 heterocycles. The van der Waals surface area contributed by atoms with Gasteiger partial charge in [0.15, 0.2) is 0 Å². The van der Waals surface area contributed by atoms with E-state index in [0.717, 1.165) is 17.9 Å². The summed E-state index contributed by atoms with van der Waals surface area (Å²) in [5.74, 6) is 1.32. The third-order valence-corrected chi connectivity index (χ3v) is 4.91. The molecule has 2 fully saturated rings. The molecule has 0 radical (unpaired) electrons. The molecular weight excluding hydrogens is 260 g/mol. The normalized spacial score (nSPS) is 27.1. The van der Waals surface area contributed by atoms with E-state index in [1.165, 1.54) is 44.1 Å². The van der Waals surface area contributed by atoms with Gasteiger partial charge in [-0.2, -0.15) is 0 Å². The van der Waals surface area contributed by atoms with Crippen LogP contribution in [0.25, 0.3) is 0 Å². The molecule has 2 heteroatoms. The molecule has 0 N–H and O–H groups in total. The molecule has 2 aliphatic rings. The topological polar surface area (TPSA) is 26.3 Å². The quantitative estimate of drug-likeness (QED) is 0.596. The number of hydrogen-bond acceptors (Lipinski definition) is 2. The maximum Gasteiger partial charge on any atom is 0.331 e. The van der Waals surface area contributed by atoms with E-state index in [0.29, 0.717) is 12.5 Å². The van der Waals surface area contributed by atoms with Crippen molar-refractivity contribution in [3.8, 4) is 0 Å². The molecule has 1 aromatic carbocycles. The molecule has 3 rings (SSSR count). The number of ether oxygens (including phenoxy) is 1. The van der Waals surface area contributed by atoms with Gasteiger partial charge in [-0.15, -0.1) is 0 Å². The van der Waals surface area contributed by atoms with Crippen molar-refractivity contribution in [3.63, 3.8) is 0 Å². The molecule has 2 aliphatic carbocycles. The van der Waals surface area contributed by atoms with E-state index < -0.39 is 0 Å². The Kier molecular flexibility index (Phi) is 4.74. The fourth-order valence-corrected chi connectivity index (χ4v) is 3.68. The standard InChI is InChI=1S/C19H24O2/c20-19(21-14-15-8-4-3-5-9-15)13-17-12-16-10-6-1-2-7-11-18(16)17/h3-5,8-9,13,16,18H,1-2,6-7,10-12,14H2/b17-13+/t16-,18-/m0/s1. The molecule has 0 aliphatic heterocycles. The van der Waals surface area contributed by atoms with E-state index in [9.17, 15) is 4.79 Å². The molecule has 2 atom stereocenters. The lowest BCUT2D eigenvalue weighted by Crippen LogP contribution is -2.30. The summed E-state index contributed by atoms with van der Waals surface area (Å²) in [7, 11) is 0. The smallest absolute Gasteiger partial charge is 0.331 e. The van der Waals surface area contributed by atoms with Gasteiger partial charge in [-0.1, -0.05) is 61.6 Å². The molecule has 0 aromatic heterocycles. The van der Waals surface area contributed by atoms with E-state index in [2.05, 4.69) is 0 Å². The molecule has 2 saturated carbocycles. The van der Waals surface area contributed by atoms with Crippen molar-refractivity contribution in [1.82, 2.24) is 0 Å². The van der Waals surface area contributed by atoms with Gasteiger partial charge in [-0.3, -0.25) is 0 Å². The molecule has 0 saturated heterocycles. The maximum absolute atomic E-state index is 11.9. The lowest BCUT2D eigenvalue weighted by atomic mass is 9.64. The van der Waals surface area contributed by atoms with Gasteiger partial charge in [0.25, 0.3) is 0 Å². The summed E-state index contributed by atoms with van der Waals surface area (Å²) in [6.07, 6.45) is 10.9. The van der Waals surface area contributed by atoms with Gasteiger partial charge in [-0.25, -0.2) is 4.79 Å². The van der Waals surface area contributed by atoms with Crippen LogP contribution in [0.15, 0.2) is 42.0 Å². The van der Waals surface area contributed by atoms with E-state index >= 15 is 0 Å². The van der Waals surface area contributed by atoms with Crippen LogP contribution in [-0.4, -0.2) is 5.97 Å². The highest BCUT2D eigenvalue weighted by molar-refractivity contribution is 5.83. The second kappa shape index (κ2) is 6.93. The molecule has 21 heavy (non-hydrogen) atoms. The molecular formula is C19H24O2. The third-order valence-electron chi connectivity index (χ3n) is 4.91. The van der Waals surface area contributed by atoms with Crippen LogP contribution in [0.4, 0.5) is 0 Å². The predicted molar refractivity (Wildman–Crippen MR) is 83.6 cm³/mol. The Hall–Kier alpha value is -1.57. The van der Waals surface area contributed by atoms with Gasteiger partial charge in [0.05, 0.1) is 0 Å². The Morgan fingerprint density at radius 3 is 2.67 bits per heavy atom. The van der Waals surface area contributed by atoms with Crippen molar-refractivity contribution in [3.05, 3.63) is 47.5 Å². The number of benzene rings is 1. The lowest BCUT2D eigenvalue weighted by molar-refractivity contribution is -0.139. The Balaban J connectivity index is 1.52. The number of rotatable bonds is 3. The highest BCUT2D eigenvalue weighted by atomic mass is 16.5. The zero-order valence-corrected chi connectivity index (χ0v) is 12.6. The highest BCUT2D eigenvalue weighted by Gasteiger charge is 2.35. The lowest BCUT2D eigenvalue weighted by Gasteiger charge is -2.41. The number of fused-ring (bicyclic) bond motifs is 1. The second-order valence-electron chi connectivity index (χ2n) is 6.37. The van der Waals surface area contributed by atoms with Gasteiger partial charge < -0.3 is 4.74 Å². The van der Waals surface area contributed by atoms with Crippen molar-refractivity contribution in [2.75, 3.05) is 0 Å². The minimum Gasteiger partial charge on any atom is -0.458 e. The summed E-state index contributed by atoms with van der Waals surface area (Å²) in [5, 5.41) is 0. The zero-order chi connectivity index (χ0) is 14.5. The van der Waals surface area contributed by atoms with Crippen molar-refractivity contribution >= 4 is 5.97 Å². The second-order valence-corrected chi connectivity index (χ2v) is 6.37. The van der Waals surface area contributed by atoms with Crippen LogP contribution in [0.5, 0.6) is 0 Å². The zero-order valence-electron chi connectivity index (χ0n) is 12.6. The molecule has 1 aromatic rings. The number of allylic oxidation sites excluding steroid dienone is 1. The molecule has 2 nitrogen and oxygen atoms in total. The van der Waals surface area contributed by atoms with Crippen LogP contribution in [-0.2, 0) is 16.1 Å². The molecule has 112 valence electrons. The minimum atomic E-state index is -0.172. The summed E-state index contributed by atoms with van der Waals surface area (Å²) < 4.78 is 5.35. The molecule has 0 unspecified atom stereocenters. The molecule has 0 bridgehead atoms. The van der Waals surface area contributed by atoms with E-state index in [-0.39, 0.29) is 5.97 Å². The first-order chi connectivity index (χ1) is 10.3. The first-order valence-corrected chi connectivity index (χ1v) is 8.24. The number of esters is 1. The van der Waals surface area contributed by atoms with Crippen LogP contribution in [0.1, 0.15) is 50.5 Å². The van der Waals surface area contributed by atoms with E-state index in [4.69, 9.17) is 4.74 Å². The largest absolute Gasteiger partial charge is 0.458 e. The first-order valence-electron chi connectivity index (χ1n) is 8.24. The van der Waals surface area contributed by atoms with Gasteiger partial charge in [0.1, 0.15) is 6.61 Å². The van der Waals surface area contributed by atoms with Crippen LogP contribution in [0, 0.1) is 11.8 Å². The van der Waals surface area contributed by atoms with E-state index in [1.54, 1.807) is 6.08 Å². The van der Waals surface area contributed by atoms with E-state index in [1.807, 2.05) is 30.3 Å². The third kappa shape index (κ3) is 3.75. The monoisotopic (exact) mass is 284 g/mol. The van der Waals surface area contributed by atoms with Crippen molar-refractivity contribution in [2.45, 2.75) is 51.6 Å². The van der Waals surface area contributed by atoms with Crippen molar-refractivity contribution < 1.29 is 9.53 Å². The van der Waals surface area contributed by atoms with Crippen LogP contribution >= 0.6 is 0 Å². The molecule has 0 amide bonds. The Morgan fingerprint density at radius 1 is 1.10 bits per heavy atom. The first kappa shape index (κ1) is 14.4. The SMILES string of the molecule is O=C(/C=C1\C[C@@H]2CCCCCC[C@H]12)OCc1ccccc1. The van der Waals surface area contributed by atoms with Crippen LogP contribution in [0.3, 0.4) is 0 Å². The Labute approximate surface area is 127 Å². The fraction of sp³-hybridized carbons (Fsp3) is 0.526. The summed E-state index contributed by atoms with van der Waals surface area (Å²) in [5.41, 5.74) is 2.38. The van der Waals surface area contributed by atoms with Crippen LogP contribution < -0.4 is 0 Å². The molecule has 0 spiro atoms. The van der Waals surface area contributed by atoms with Gasteiger partial charge in [-0.05, 0) is 36.7 Å². The summed E-state index contributed by atoms with van der Waals surface area (Å²) in [6.45, 7) is 0.373. The summed E-state index contributed by atoms with van der Waals surface area (Å²) >= 11 is 0. The number of carbonyl (C=O) groups excluding carboxylic acids is 1. The van der Waals surface area contributed by atoms with Crippen molar-refractivity contribution in [2.24, 2.45) is 11.8 Å². The predicted octanol–water partition coefficient (Wildman–Crippen LogP) is 4.65. The van der Waals surface area contributed by atoms with Gasteiger partial charge in [0, 0.05) is 6.08 Å². The Morgan fingerprint density at radius 2 is 1.86 bits per heavy atom. The number of carbonyl (C=O) groups is 1. The number of hydrogen-bond donors (Lipinski definition) is 0. The van der Waals surface area contributed by atoms with Gasteiger partial charge in [0.2, 0.25) is 0 Å². The fourth-order valence-electron chi connectivity index (χ4n) is 3.68. The highest BCUT2D eigenvalue weighted by Crippen LogP contribution is 2.47.